The number of fused-ring (bicyclic) bond motifs is 14. The number of hydrogen-bond donors (Lipinski definition) is 3. The van der Waals surface area contributed by atoms with E-state index in [2.05, 4.69) is 34.7 Å². The highest BCUT2D eigenvalue weighted by atomic mass is 16.5. The lowest BCUT2D eigenvalue weighted by Gasteiger charge is -2.32. The van der Waals surface area contributed by atoms with Crippen LogP contribution in [0.1, 0.15) is 62.5 Å². The molecule has 12 heteroatoms. The molecule has 0 saturated carbocycles. The molecule has 2 aromatic rings. The topological polar surface area (TPSA) is 146 Å². The third-order valence-electron chi connectivity index (χ3n) is 7.74. The number of rotatable bonds is 7. The Kier molecular flexibility index (Phi) is 10.8. The first-order valence-electron chi connectivity index (χ1n) is 15.0. The zero-order valence-corrected chi connectivity index (χ0v) is 25.8. The Morgan fingerprint density at radius 3 is 2.49 bits per heavy atom. The van der Waals surface area contributed by atoms with E-state index in [1.807, 2.05) is 26.0 Å². The lowest BCUT2D eigenvalue weighted by molar-refractivity contribution is -0.142. The largest absolute Gasteiger partial charge is 0.484 e. The van der Waals surface area contributed by atoms with Gasteiger partial charge in [-0.2, -0.15) is 5.10 Å². The Balaban J connectivity index is 1.62. The molecule has 4 heterocycles. The number of carbonyl (C=O) groups is 4. The molecule has 1 aromatic heterocycles. The Labute approximate surface area is 252 Å². The summed E-state index contributed by atoms with van der Waals surface area (Å²) in [6.07, 6.45) is 1.28. The van der Waals surface area contributed by atoms with E-state index in [0.717, 1.165) is 22.5 Å². The molecule has 4 amide bonds. The molecule has 0 spiro atoms. The van der Waals surface area contributed by atoms with Crippen molar-refractivity contribution in [2.24, 2.45) is 5.92 Å². The van der Waals surface area contributed by atoms with Crippen molar-refractivity contribution in [3.05, 3.63) is 46.8 Å². The average molecular weight is 597 g/mol. The van der Waals surface area contributed by atoms with Crippen LogP contribution in [0.25, 0.3) is 0 Å². The number of hydrogen-bond acceptors (Lipinski definition) is 7. The van der Waals surface area contributed by atoms with E-state index in [4.69, 9.17) is 9.47 Å². The van der Waals surface area contributed by atoms with Crippen LogP contribution in [-0.2, 0) is 43.3 Å². The summed E-state index contributed by atoms with van der Waals surface area (Å²) in [5, 5.41) is 13.3. The standard InChI is InChI=1S/C31H44N6O6/c1-19(2)14-25-30(40)37(12-13-42-5)17-27(38)32-26(15-21-6-8-22(9-7-21)43-18-28(39)33-25)31(41)36-11-10-24-23(16-36)29(20(3)4)35-34-24/h6-9,19-20,25-26H,10-18H2,1-5H3,(H,32,38)(H,33,39)(H,34,35)/t25-,26-/m0/s1. The highest BCUT2D eigenvalue weighted by Gasteiger charge is 2.33. The zero-order valence-electron chi connectivity index (χ0n) is 25.8. The second kappa shape index (κ2) is 14.5. The summed E-state index contributed by atoms with van der Waals surface area (Å²) in [5.74, 6) is -0.694. The summed E-state index contributed by atoms with van der Waals surface area (Å²) in [7, 11) is 1.51. The van der Waals surface area contributed by atoms with Crippen molar-refractivity contribution < 1.29 is 28.7 Å². The van der Waals surface area contributed by atoms with Crippen LogP contribution in [0.5, 0.6) is 5.75 Å². The number of nitrogens with one attached hydrogen (secondary N) is 3. The third kappa shape index (κ3) is 8.34. The van der Waals surface area contributed by atoms with Crippen LogP contribution in [-0.4, -0.2) is 95.7 Å². The number of H-pyrrole nitrogens is 1. The Hall–Kier alpha value is -3.93. The van der Waals surface area contributed by atoms with Gasteiger partial charge < -0.3 is 29.9 Å². The summed E-state index contributed by atoms with van der Waals surface area (Å²) in [6.45, 7) is 8.77. The molecule has 43 heavy (non-hydrogen) atoms. The number of aromatic nitrogens is 2. The molecule has 3 aliphatic rings. The molecule has 0 unspecified atom stereocenters. The Bertz CT molecular complexity index is 1290. The highest BCUT2D eigenvalue weighted by Crippen LogP contribution is 2.26. The minimum atomic E-state index is -0.853. The fourth-order valence-corrected chi connectivity index (χ4v) is 5.54. The predicted molar refractivity (Wildman–Crippen MR) is 159 cm³/mol. The molecule has 0 fully saturated rings. The second-order valence-corrected chi connectivity index (χ2v) is 12.0. The van der Waals surface area contributed by atoms with Crippen LogP contribution in [0.4, 0.5) is 0 Å². The number of nitrogens with zero attached hydrogens (tertiary/aromatic N) is 3. The normalized spacial score (nSPS) is 20.2. The molecule has 2 atom stereocenters. The maximum absolute atomic E-state index is 14.0. The van der Waals surface area contributed by atoms with Gasteiger partial charge in [-0.05, 0) is 36.0 Å². The summed E-state index contributed by atoms with van der Waals surface area (Å²) in [4.78, 5) is 57.0. The van der Waals surface area contributed by atoms with E-state index in [0.29, 0.717) is 31.7 Å². The molecule has 0 saturated heterocycles. The van der Waals surface area contributed by atoms with Gasteiger partial charge in [-0.25, -0.2) is 0 Å². The van der Waals surface area contributed by atoms with Crippen LogP contribution in [0, 0.1) is 5.92 Å². The lowest BCUT2D eigenvalue weighted by atomic mass is 9.98. The first-order chi connectivity index (χ1) is 20.5. The van der Waals surface area contributed by atoms with Gasteiger partial charge in [0.25, 0.3) is 5.91 Å². The molecule has 0 aliphatic carbocycles. The SMILES string of the molecule is COCCN1CC(=O)N[C@H](C(=O)N2CCc3[nH]nc(C(C)C)c3C2)Cc2ccc(cc2)OCC(=O)N[C@@H](CC(C)C)C1=O. The van der Waals surface area contributed by atoms with Gasteiger partial charge in [0, 0.05) is 50.8 Å². The van der Waals surface area contributed by atoms with Gasteiger partial charge in [0.05, 0.1) is 18.8 Å². The Morgan fingerprint density at radius 2 is 1.81 bits per heavy atom. The monoisotopic (exact) mass is 596 g/mol. The predicted octanol–water partition coefficient (Wildman–Crippen LogP) is 1.54. The van der Waals surface area contributed by atoms with Crippen LogP contribution < -0.4 is 15.4 Å². The minimum absolute atomic E-state index is 0.102. The first kappa shape index (κ1) is 32.0. The van der Waals surface area contributed by atoms with Crippen molar-refractivity contribution in [1.29, 1.82) is 0 Å². The number of aromatic amines is 1. The van der Waals surface area contributed by atoms with Crippen LogP contribution in [0.2, 0.25) is 0 Å². The van der Waals surface area contributed by atoms with E-state index < -0.39 is 29.8 Å². The molecule has 3 N–H and O–H groups in total. The van der Waals surface area contributed by atoms with Crippen molar-refractivity contribution in [2.75, 3.05) is 40.0 Å². The third-order valence-corrected chi connectivity index (χ3v) is 7.74. The van der Waals surface area contributed by atoms with E-state index in [9.17, 15) is 19.2 Å². The quantitative estimate of drug-likeness (QED) is 0.411. The molecule has 1 aromatic carbocycles. The van der Waals surface area contributed by atoms with Gasteiger partial charge in [-0.3, -0.25) is 24.3 Å². The van der Waals surface area contributed by atoms with Crippen molar-refractivity contribution in [1.82, 2.24) is 30.6 Å². The van der Waals surface area contributed by atoms with Gasteiger partial charge in [0.15, 0.2) is 6.61 Å². The van der Waals surface area contributed by atoms with E-state index in [-0.39, 0.29) is 50.5 Å². The van der Waals surface area contributed by atoms with E-state index in [1.54, 1.807) is 17.0 Å². The summed E-state index contributed by atoms with van der Waals surface area (Å²) >= 11 is 0. The zero-order chi connectivity index (χ0) is 31.1. The smallest absolute Gasteiger partial charge is 0.258 e. The van der Waals surface area contributed by atoms with Crippen molar-refractivity contribution >= 4 is 23.6 Å². The number of carbonyl (C=O) groups excluding carboxylic acids is 4. The number of benzene rings is 1. The summed E-state index contributed by atoms with van der Waals surface area (Å²) < 4.78 is 10.9. The van der Waals surface area contributed by atoms with Crippen molar-refractivity contribution in [3.8, 4) is 5.75 Å². The van der Waals surface area contributed by atoms with Gasteiger partial charge >= 0.3 is 0 Å². The maximum atomic E-state index is 14.0. The van der Waals surface area contributed by atoms with Crippen molar-refractivity contribution in [3.63, 3.8) is 0 Å². The fourth-order valence-electron chi connectivity index (χ4n) is 5.54. The van der Waals surface area contributed by atoms with Gasteiger partial charge in [0.2, 0.25) is 17.7 Å². The highest BCUT2D eigenvalue weighted by molar-refractivity contribution is 5.93. The molecule has 234 valence electrons. The van der Waals surface area contributed by atoms with E-state index >= 15 is 0 Å². The maximum Gasteiger partial charge on any atom is 0.258 e. The molecule has 2 bridgehead atoms. The molecule has 5 rings (SSSR count). The van der Waals surface area contributed by atoms with Gasteiger partial charge in [-0.15, -0.1) is 0 Å². The van der Waals surface area contributed by atoms with Gasteiger partial charge in [-0.1, -0.05) is 39.8 Å². The number of amides is 4. The molecular weight excluding hydrogens is 552 g/mol. The fraction of sp³-hybridized carbons (Fsp3) is 0.581. The lowest BCUT2D eigenvalue weighted by Crippen LogP contribution is -2.55. The number of methoxy groups -OCH3 is 1. The first-order valence-corrected chi connectivity index (χ1v) is 15.0. The molecule has 3 aliphatic heterocycles. The minimum Gasteiger partial charge on any atom is -0.484 e. The van der Waals surface area contributed by atoms with Crippen LogP contribution in [0.15, 0.2) is 24.3 Å². The second-order valence-electron chi connectivity index (χ2n) is 12.0. The average Bonchev–Trinajstić information content (AvgIpc) is 3.40. The Morgan fingerprint density at radius 1 is 1.07 bits per heavy atom. The number of ether oxygens (including phenoxy) is 2. The van der Waals surface area contributed by atoms with Crippen LogP contribution >= 0.6 is 0 Å². The molecule has 12 nitrogen and oxygen atoms in total. The molecule has 0 radical (unpaired) electrons. The van der Waals surface area contributed by atoms with E-state index in [1.165, 1.54) is 12.0 Å². The molecular formula is C31H44N6O6. The van der Waals surface area contributed by atoms with Crippen molar-refractivity contribution in [2.45, 2.75) is 71.5 Å². The van der Waals surface area contributed by atoms with Crippen LogP contribution in [0.3, 0.4) is 0 Å². The summed E-state index contributed by atoms with van der Waals surface area (Å²) in [6, 6.07) is 5.41. The summed E-state index contributed by atoms with van der Waals surface area (Å²) in [5.41, 5.74) is 3.84. The van der Waals surface area contributed by atoms with Gasteiger partial charge in [0.1, 0.15) is 17.8 Å².